The van der Waals surface area contributed by atoms with Crippen LogP contribution in [0, 0.1) is 0 Å². The highest BCUT2D eigenvalue weighted by molar-refractivity contribution is 6.01. The van der Waals surface area contributed by atoms with Gasteiger partial charge in [0.2, 0.25) is 0 Å². The van der Waals surface area contributed by atoms with Gasteiger partial charge in [-0.15, -0.1) is 6.58 Å². The van der Waals surface area contributed by atoms with Gasteiger partial charge in [-0.05, 0) is 58.9 Å². The van der Waals surface area contributed by atoms with E-state index in [9.17, 15) is 24.9 Å². The van der Waals surface area contributed by atoms with Crippen LogP contribution in [0.15, 0.2) is 48.6 Å². The number of aromatic hydroxyl groups is 3. The van der Waals surface area contributed by atoms with Crippen LogP contribution in [-0.4, -0.2) is 32.5 Å². The number of hydrogen-bond donors (Lipinski definition) is 3. The smallest absolute Gasteiger partial charge is 0.170 e. The molecule has 0 aliphatic rings. The van der Waals surface area contributed by atoms with Crippen LogP contribution in [0.25, 0.3) is 0 Å². The molecule has 0 atom stereocenters. The highest BCUT2D eigenvalue weighted by atomic mass is 16.5. The molecule has 2 aromatic carbocycles. The summed E-state index contributed by atoms with van der Waals surface area (Å²) >= 11 is 0. The first kappa shape index (κ1) is 30.7. The Balaban J connectivity index is 0. The van der Waals surface area contributed by atoms with E-state index >= 15 is 0 Å². The number of phenolic OH excluding ortho intramolecular Hbond substituents is 3. The van der Waals surface area contributed by atoms with Crippen molar-refractivity contribution >= 4 is 11.6 Å². The number of carbonyl (C=O) groups is 2. The third-order valence-corrected chi connectivity index (χ3v) is 3.64. The van der Waals surface area contributed by atoms with Crippen molar-refractivity contribution in [2.75, 3.05) is 0 Å². The Morgan fingerprint density at radius 1 is 0.882 bits per heavy atom. The van der Waals surface area contributed by atoms with Gasteiger partial charge in [-0.25, -0.2) is 0 Å². The number of carbonyl (C=O) groups excluding carboxylic acids is 2. The van der Waals surface area contributed by atoms with Gasteiger partial charge in [0.05, 0.1) is 0 Å². The standard InChI is InChI=1S/C13H18O3.C9H10O3.C4H8.C2H6/c1-5-9(14)12-10(15)7-6-8-11(12)16-13(2,3)4;1-2-6(10)9-7(11)4-3-5-8(9)12;1-4(2)3;1-2/h6-8,15H,5H2,1-4H3;3-5,11-12H,2H2,1H3;1H2,2-3H3;1-2H3/i;;;1D. The maximum atomic E-state index is 11.7. The van der Waals surface area contributed by atoms with E-state index in [-0.39, 0.29) is 46.4 Å². The summed E-state index contributed by atoms with van der Waals surface area (Å²) in [4.78, 5) is 22.8. The normalized spacial score (nSPS) is 10.1. The molecule has 0 bridgehead atoms. The first-order valence-corrected chi connectivity index (χ1v) is 11.2. The van der Waals surface area contributed by atoms with Crippen molar-refractivity contribution in [1.82, 2.24) is 0 Å². The van der Waals surface area contributed by atoms with E-state index in [1.807, 2.05) is 34.6 Å². The fourth-order valence-electron chi connectivity index (χ4n) is 2.38. The minimum Gasteiger partial charge on any atom is -0.507 e. The van der Waals surface area contributed by atoms with Crippen molar-refractivity contribution in [3.8, 4) is 23.0 Å². The molecular formula is C28H42O6. The summed E-state index contributed by atoms with van der Waals surface area (Å²) in [5.41, 5.74) is 1.07. The molecule has 0 radical (unpaired) electrons. The molecular weight excluding hydrogens is 432 g/mol. The summed E-state index contributed by atoms with van der Waals surface area (Å²) in [5.74, 6) is -0.278. The number of ketones is 2. The lowest BCUT2D eigenvalue weighted by Crippen LogP contribution is -2.24. The van der Waals surface area contributed by atoms with Crippen molar-refractivity contribution in [2.24, 2.45) is 0 Å². The fraction of sp³-hybridized carbons (Fsp3) is 0.429. The Labute approximate surface area is 206 Å². The molecule has 3 N–H and O–H groups in total. The van der Waals surface area contributed by atoms with Crippen molar-refractivity contribution in [3.63, 3.8) is 0 Å². The molecule has 0 aliphatic carbocycles. The topological polar surface area (TPSA) is 104 Å². The van der Waals surface area contributed by atoms with Gasteiger partial charge in [0.25, 0.3) is 0 Å². The van der Waals surface area contributed by atoms with Crippen LogP contribution < -0.4 is 4.74 Å². The summed E-state index contributed by atoms with van der Waals surface area (Å²) in [7, 11) is 0. The number of ether oxygens (including phenoxy) is 1. The van der Waals surface area contributed by atoms with Gasteiger partial charge >= 0.3 is 0 Å². The van der Waals surface area contributed by atoms with E-state index in [2.05, 4.69) is 6.58 Å². The Hall–Kier alpha value is -3.28. The number of rotatable bonds is 5. The second kappa shape index (κ2) is 16.4. The molecule has 0 aromatic heterocycles. The molecule has 0 spiro atoms. The number of hydrogen-bond acceptors (Lipinski definition) is 6. The third kappa shape index (κ3) is 12.7. The van der Waals surface area contributed by atoms with Crippen LogP contribution in [0.1, 0.15) is 97.2 Å². The summed E-state index contributed by atoms with van der Waals surface area (Å²) in [6.45, 7) is 18.9. The van der Waals surface area contributed by atoms with E-state index in [4.69, 9.17) is 6.11 Å². The van der Waals surface area contributed by atoms with Crippen LogP contribution in [-0.2, 0) is 0 Å². The zero-order valence-corrected chi connectivity index (χ0v) is 21.9. The summed E-state index contributed by atoms with van der Waals surface area (Å²) < 4.78 is 11.9. The largest absolute Gasteiger partial charge is 0.507 e. The Morgan fingerprint density at radius 3 is 1.56 bits per heavy atom. The van der Waals surface area contributed by atoms with Gasteiger partial charge in [0, 0.05) is 14.2 Å². The third-order valence-electron chi connectivity index (χ3n) is 3.64. The van der Waals surface area contributed by atoms with Crippen LogP contribution in [0.3, 0.4) is 0 Å². The quantitative estimate of drug-likeness (QED) is 0.306. The average Bonchev–Trinajstić information content (AvgIpc) is 2.72. The van der Waals surface area contributed by atoms with Crippen LogP contribution in [0.4, 0.5) is 0 Å². The summed E-state index contributed by atoms with van der Waals surface area (Å²) in [6.07, 6.45) is 0.614. The molecule has 2 rings (SSSR count). The molecule has 0 saturated heterocycles. The predicted molar refractivity (Wildman–Crippen MR) is 139 cm³/mol. The van der Waals surface area contributed by atoms with Gasteiger partial charge in [0.15, 0.2) is 11.6 Å². The van der Waals surface area contributed by atoms with Crippen molar-refractivity contribution in [2.45, 2.75) is 80.7 Å². The Bertz CT molecular complexity index is 921. The van der Waals surface area contributed by atoms with Crippen molar-refractivity contribution in [1.29, 1.82) is 0 Å². The molecule has 34 heavy (non-hydrogen) atoms. The molecule has 0 aliphatic heterocycles. The van der Waals surface area contributed by atoms with E-state index in [1.165, 1.54) is 29.8 Å². The predicted octanol–water partition coefficient (Wildman–Crippen LogP) is 7.46. The molecule has 0 amide bonds. The summed E-state index contributed by atoms with van der Waals surface area (Å²) in [5, 5.41) is 28.1. The number of Topliss-reactive ketones (excluding diaryl/α,β-unsaturated/α-hetero) is 2. The Kier molecular flexibility index (Phi) is 14.8. The molecule has 190 valence electrons. The maximum Gasteiger partial charge on any atom is 0.170 e. The minimum atomic E-state index is -0.392. The van der Waals surface area contributed by atoms with Crippen LogP contribution >= 0.6 is 0 Å². The van der Waals surface area contributed by atoms with Gasteiger partial charge in [-0.2, -0.15) is 0 Å². The maximum absolute atomic E-state index is 11.7. The van der Waals surface area contributed by atoms with Crippen molar-refractivity contribution in [3.05, 3.63) is 59.7 Å². The van der Waals surface area contributed by atoms with Gasteiger partial charge in [0.1, 0.15) is 39.7 Å². The zero-order valence-electron chi connectivity index (χ0n) is 22.9. The lowest BCUT2D eigenvalue weighted by molar-refractivity contribution is 0.0958. The SMILES string of the molecule is C=C(C)C.CCC(=O)c1c(O)cccc1O.CCC(=O)c1c(O)cccc1OC(C)(C)C.[2H]CC. The Morgan fingerprint density at radius 2 is 1.21 bits per heavy atom. The molecule has 0 unspecified atom stereocenters. The monoisotopic (exact) mass is 475 g/mol. The minimum absolute atomic E-state index is 0.0139. The first-order valence-electron chi connectivity index (χ1n) is 11.9. The number of benzene rings is 2. The summed E-state index contributed by atoms with van der Waals surface area (Å²) in [6, 6.07) is 9.11. The van der Waals surface area contributed by atoms with E-state index in [0.29, 0.717) is 19.1 Å². The van der Waals surface area contributed by atoms with Gasteiger partial charge in [-0.1, -0.05) is 45.4 Å². The fourth-order valence-corrected chi connectivity index (χ4v) is 2.38. The highest BCUT2D eigenvalue weighted by Gasteiger charge is 2.20. The van der Waals surface area contributed by atoms with E-state index < -0.39 is 5.60 Å². The van der Waals surface area contributed by atoms with Crippen molar-refractivity contribution < 1.29 is 31.0 Å². The molecule has 0 heterocycles. The van der Waals surface area contributed by atoms with Crippen LogP contribution in [0.2, 0.25) is 0 Å². The second-order valence-electron chi connectivity index (χ2n) is 8.30. The van der Waals surface area contributed by atoms with E-state index in [0.717, 1.165) is 0 Å². The lowest BCUT2D eigenvalue weighted by atomic mass is 10.1. The number of allylic oxidation sites excluding steroid dienone is 1. The average molecular weight is 476 g/mol. The molecule has 2 aromatic rings. The lowest BCUT2D eigenvalue weighted by Gasteiger charge is -2.23. The highest BCUT2D eigenvalue weighted by Crippen LogP contribution is 2.31. The molecule has 6 nitrogen and oxygen atoms in total. The van der Waals surface area contributed by atoms with Crippen LogP contribution in [0.5, 0.6) is 23.0 Å². The van der Waals surface area contributed by atoms with Gasteiger partial charge in [-0.3, -0.25) is 9.59 Å². The van der Waals surface area contributed by atoms with Gasteiger partial charge < -0.3 is 20.1 Å². The molecule has 0 fully saturated rings. The zero-order chi connectivity index (χ0) is 27.8. The number of phenols is 3. The first-order chi connectivity index (χ1) is 16.2. The molecule has 6 heteroatoms. The molecule has 0 saturated carbocycles. The second-order valence-corrected chi connectivity index (χ2v) is 8.30. The van der Waals surface area contributed by atoms with E-state index in [1.54, 1.807) is 32.9 Å².